The summed E-state index contributed by atoms with van der Waals surface area (Å²) in [5.41, 5.74) is 0. The van der Waals surface area contributed by atoms with Gasteiger partial charge in [-0.3, -0.25) is 4.79 Å². The fourth-order valence-corrected chi connectivity index (χ4v) is 2.78. The quantitative estimate of drug-likeness (QED) is 0.795. The Bertz CT molecular complexity index is 297. The molecular formula is C13H23NO4. The zero-order chi connectivity index (χ0) is 13.1. The van der Waals surface area contributed by atoms with Crippen LogP contribution < -0.4 is 0 Å². The summed E-state index contributed by atoms with van der Waals surface area (Å²) >= 11 is 0. The van der Waals surface area contributed by atoms with Crippen molar-refractivity contribution in [1.82, 2.24) is 4.90 Å². The maximum Gasteiger partial charge on any atom is 0.228 e. The lowest BCUT2D eigenvalue weighted by molar-refractivity contribution is -0.152. The normalized spacial score (nSPS) is 36.9. The van der Waals surface area contributed by atoms with Crippen LogP contribution >= 0.6 is 0 Å². The molecule has 1 amide bonds. The van der Waals surface area contributed by atoms with Gasteiger partial charge in [0.2, 0.25) is 5.91 Å². The standard InChI is InChI=1S/C13H23NO4/c1-3-12-11(4-5-17-12)13(16)14-6-10(7-15)18-8-9(14)2/h9-12,15H,3-8H2,1-2H3. The minimum atomic E-state index is -0.243. The first-order chi connectivity index (χ1) is 8.67. The van der Waals surface area contributed by atoms with E-state index in [9.17, 15) is 4.79 Å². The third-order valence-corrected chi connectivity index (χ3v) is 3.92. The zero-order valence-corrected chi connectivity index (χ0v) is 11.2. The number of morpholine rings is 1. The number of ether oxygens (including phenoxy) is 2. The molecule has 0 radical (unpaired) electrons. The first-order valence-corrected chi connectivity index (χ1v) is 6.81. The largest absolute Gasteiger partial charge is 0.394 e. The van der Waals surface area contributed by atoms with Gasteiger partial charge in [0.05, 0.1) is 37.4 Å². The third-order valence-electron chi connectivity index (χ3n) is 3.92. The highest BCUT2D eigenvalue weighted by molar-refractivity contribution is 5.80. The number of nitrogens with zero attached hydrogens (tertiary/aromatic N) is 1. The fourth-order valence-electron chi connectivity index (χ4n) is 2.78. The smallest absolute Gasteiger partial charge is 0.228 e. The molecule has 2 heterocycles. The number of hydrogen-bond donors (Lipinski definition) is 1. The van der Waals surface area contributed by atoms with Crippen molar-refractivity contribution in [2.75, 3.05) is 26.4 Å². The summed E-state index contributed by atoms with van der Waals surface area (Å²) in [4.78, 5) is 14.4. The number of hydrogen-bond acceptors (Lipinski definition) is 4. The number of carbonyl (C=O) groups is 1. The Morgan fingerprint density at radius 3 is 2.89 bits per heavy atom. The van der Waals surface area contributed by atoms with Crippen molar-refractivity contribution in [3.8, 4) is 0 Å². The molecular weight excluding hydrogens is 234 g/mol. The maximum absolute atomic E-state index is 12.6. The molecule has 2 rings (SSSR count). The van der Waals surface area contributed by atoms with Crippen LogP contribution in [0.5, 0.6) is 0 Å². The van der Waals surface area contributed by atoms with Crippen LogP contribution in [-0.4, -0.2) is 60.5 Å². The molecule has 2 aliphatic rings. The van der Waals surface area contributed by atoms with E-state index in [2.05, 4.69) is 6.92 Å². The van der Waals surface area contributed by atoms with Crippen LogP contribution in [0.15, 0.2) is 0 Å². The SMILES string of the molecule is CCC1OCCC1C(=O)N1CC(CO)OCC1C. The van der Waals surface area contributed by atoms with Crippen LogP contribution in [0.1, 0.15) is 26.7 Å². The van der Waals surface area contributed by atoms with Gasteiger partial charge in [0.15, 0.2) is 0 Å². The highest BCUT2D eigenvalue weighted by Gasteiger charge is 2.39. The molecule has 4 unspecified atom stereocenters. The number of amides is 1. The topological polar surface area (TPSA) is 59.0 Å². The molecule has 5 nitrogen and oxygen atoms in total. The molecule has 0 aromatic rings. The summed E-state index contributed by atoms with van der Waals surface area (Å²) in [7, 11) is 0. The Balaban J connectivity index is 2.02. The van der Waals surface area contributed by atoms with Crippen molar-refractivity contribution >= 4 is 5.91 Å². The molecule has 0 aromatic heterocycles. The van der Waals surface area contributed by atoms with E-state index >= 15 is 0 Å². The van der Waals surface area contributed by atoms with Crippen molar-refractivity contribution in [3.05, 3.63) is 0 Å². The van der Waals surface area contributed by atoms with Crippen molar-refractivity contribution in [2.45, 2.75) is 44.9 Å². The van der Waals surface area contributed by atoms with Crippen LogP contribution in [0, 0.1) is 5.92 Å². The molecule has 5 heteroatoms. The minimum Gasteiger partial charge on any atom is -0.394 e. The fraction of sp³-hybridized carbons (Fsp3) is 0.923. The van der Waals surface area contributed by atoms with Crippen molar-refractivity contribution < 1.29 is 19.4 Å². The summed E-state index contributed by atoms with van der Waals surface area (Å²) in [5, 5.41) is 9.15. The highest BCUT2D eigenvalue weighted by Crippen LogP contribution is 2.27. The second-order valence-electron chi connectivity index (χ2n) is 5.19. The van der Waals surface area contributed by atoms with Gasteiger partial charge in [-0.1, -0.05) is 6.92 Å². The molecule has 2 aliphatic heterocycles. The Morgan fingerprint density at radius 1 is 1.44 bits per heavy atom. The van der Waals surface area contributed by atoms with Crippen molar-refractivity contribution in [2.24, 2.45) is 5.92 Å². The Labute approximate surface area is 108 Å². The molecule has 0 aliphatic carbocycles. The van der Waals surface area contributed by atoms with Gasteiger partial charge in [-0.25, -0.2) is 0 Å². The first-order valence-electron chi connectivity index (χ1n) is 6.81. The monoisotopic (exact) mass is 257 g/mol. The van der Waals surface area contributed by atoms with Crippen molar-refractivity contribution in [1.29, 1.82) is 0 Å². The molecule has 1 N–H and O–H groups in total. The maximum atomic E-state index is 12.6. The van der Waals surface area contributed by atoms with Gasteiger partial charge >= 0.3 is 0 Å². The molecule has 0 saturated carbocycles. The second-order valence-corrected chi connectivity index (χ2v) is 5.19. The average molecular weight is 257 g/mol. The van der Waals surface area contributed by atoms with Gasteiger partial charge in [0.25, 0.3) is 0 Å². The van der Waals surface area contributed by atoms with Gasteiger partial charge in [0.1, 0.15) is 0 Å². The van der Waals surface area contributed by atoms with Gasteiger partial charge in [-0.15, -0.1) is 0 Å². The van der Waals surface area contributed by atoms with E-state index in [0.717, 1.165) is 12.8 Å². The minimum absolute atomic E-state index is 0.0186. The number of aliphatic hydroxyl groups is 1. The van der Waals surface area contributed by atoms with Crippen LogP contribution in [0.25, 0.3) is 0 Å². The molecule has 0 spiro atoms. The van der Waals surface area contributed by atoms with E-state index < -0.39 is 0 Å². The Morgan fingerprint density at radius 2 is 2.22 bits per heavy atom. The Hall–Kier alpha value is -0.650. The molecule has 4 atom stereocenters. The van der Waals surface area contributed by atoms with E-state index in [1.165, 1.54) is 0 Å². The summed E-state index contributed by atoms with van der Waals surface area (Å²) in [5.74, 6) is 0.142. The molecule has 0 aromatic carbocycles. The van der Waals surface area contributed by atoms with E-state index in [1.807, 2.05) is 11.8 Å². The van der Waals surface area contributed by atoms with Crippen LogP contribution in [0.2, 0.25) is 0 Å². The van der Waals surface area contributed by atoms with Crippen molar-refractivity contribution in [3.63, 3.8) is 0 Å². The summed E-state index contributed by atoms with van der Waals surface area (Å²) in [6, 6.07) is 0.0819. The molecule has 2 fully saturated rings. The summed E-state index contributed by atoms with van der Waals surface area (Å²) in [6.07, 6.45) is 1.50. The van der Waals surface area contributed by atoms with Gasteiger partial charge in [-0.2, -0.15) is 0 Å². The predicted octanol–water partition coefficient (Wildman–Crippen LogP) is 0.410. The number of aliphatic hydroxyl groups excluding tert-OH is 1. The van der Waals surface area contributed by atoms with Gasteiger partial charge in [0, 0.05) is 13.2 Å². The van der Waals surface area contributed by atoms with E-state index in [4.69, 9.17) is 14.6 Å². The highest BCUT2D eigenvalue weighted by atomic mass is 16.5. The molecule has 0 bridgehead atoms. The lowest BCUT2D eigenvalue weighted by Crippen LogP contribution is -2.54. The van der Waals surface area contributed by atoms with E-state index in [1.54, 1.807) is 0 Å². The zero-order valence-electron chi connectivity index (χ0n) is 11.2. The molecule has 18 heavy (non-hydrogen) atoms. The number of rotatable bonds is 3. The van der Waals surface area contributed by atoms with Crippen LogP contribution in [0.3, 0.4) is 0 Å². The van der Waals surface area contributed by atoms with Gasteiger partial charge in [-0.05, 0) is 19.8 Å². The summed E-state index contributed by atoms with van der Waals surface area (Å²) in [6.45, 7) is 5.68. The Kier molecular flexibility index (Phi) is 4.59. The lowest BCUT2D eigenvalue weighted by atomic mass is 9.96. The van der Waals surface area contributed by atoms with Gasteiger partial charge < -0.3 is 19.5 Å². The average Bonchev–Trinajstić information content (AvgIpc) is 2.86. The number of carbonyl (C=O) groups excluding carboxylic acids is 1. The lowest BCUT2D eigenvalue weighted by Gasteiger charge is -2.39. The molecule has 104 valence electrons. The van der Waals surface area contributed by atoms with Crippen LogP contribution in [0.4, 0.5) is 0 Å². The van der Waals surface area contributed by atoms with Crippen LogP contribution in [-0.2, 0) is 14.3 Å². The second kappa shape index (κ2) is 5.99. The third kappa shape index (κ3) is 2.68. The predicted molar refractivity (Wildman–Crippen MR) is 66.1 cm³/mol. The van der Waals surface area contributed by atoms with E-state index in [-0.39, 0.29) is 36.7 Å². The first kappa shape index (κ1) is 13.8. The molecule has 2 saturated heterocycles. The van der Waals surface area contributed by atoms with E-state index in [0.29, 0.717) is 19.8 Å². The summed E-state index contributed by atoms with van der Waals surface area (Å²) < 4.78 is 11.0.